The summed E-state index contributed by atoms with van der Waals surface area (Å²) < 4.78 is 0. The highest BCUT2D eigenvalue weighted by atomic mass is 32.1. The van der Waals surface area contributed by atoms with Crippen LogP contribution in [0.2, 0.25) is 0 Å². The van der Waals surface area contributed by atoms with Crippen molar-refractivity contribution in [1.29, 1.82) is 0 Å². The Morgan fingerprint density at radius 2 is 1.76 bits per heavy atom. The van der Waals surface area contributed by atoms with Gasteiger partial charge in [0.25, 0.3) is 0 Å². The maximum absolute atomic E-state index is 5.60. The molecule has 1 aromatic carbocycles. The van der Waals surface area contributed by atoms with E-state index in [2.05, 4.69) is 56.9 Å². The molecule has 2 aliphatic rings. The molecule has 2 N–H and O–H groups in total. The van der Waals surface area contributed by atoms with Crippen LogP contribution in [0.5, 0.6) is 0 Å². The monoisotopic (exact) mass is 409 g/mol. The maximum atomic E-state index is 5.60. The predicted molar refractivity (Wildman–Crippen MR) is 124 cm³/mol. The first kappa shape index (κ1) is 20.1. The molecule has 0 unspecified atom stereocenters. The molecular formula is C23H31N5S. The number of piperidine rings is 1. The largest absolute Gasteiger partial charge is 0.361 e. The summed E-state index contributed by atoms with van der Waals surface area (Å²) in [6, 6.07) is 12.9. The molecule has 5 nitrogen and oxygen atoms in total. The van der Waals surface area contributed by atoms with E-state index in [1.165, 1.54) is 50.5 Å². The summed E-state index contributed by atoms with van der Waals surface area (Å²) in [5.41, 5.74) is 2.54. The van der Waals surface area contributed by atoms with Crippen LogP contribution in [0.25, 0.3) is 0 Å². The number of anilines is 2. The Morgan fingerprint density at radius 3 is 2.48 bits per heavy atom. The Bertz CT molecular complexity index is 826. The predicted octanol–water partition coefficient (Wildman–Crippen LogP) is 4.57. The van der Waals surface area contributed by atoms with Gasteiger partial charge in [-0.15, -0.1) is 0 Å². The van der Waals surface area contributed by atoms with E-state index in [4.69, 9.17) is 17.2 Å². The molecule has 2 aromatic rings. The number of thiocarbonyl (C=S) groups is 1. The van der Waals surface area contributed by atoms with Crippen LogP contribution in [-0.4, -0.2) is 34.7 Å². The summed E-state index contributed by atoms with van der Waals surface area (Å²) in [6.07, 6.45) is 8.72. The quantitative estimate of drug-likeness (QED) is 0.706. The summed E-state index contributed by atoms with van der Waals surface area (Å²) in [6.45, 7) is 4.99. The average molecular weight is 410 g/mol. The lowest BCUT2D eigenvalue weighted by Gasteiger charge is -2.30. The third-order valence-electron chi connectivity index (χ3n) is 6.28. The third-order valence-corrected chi connectivity index (χ3v) is 6.53. The van der Waals surface area contributed by atoms with Gasteiger partial charge in [0.1, 0.15) is 5.82 Å². The minimum Gasteiger partial charge on any atom is -0.361 e. The Morgan fingerprint density at radius 1 is 1.03 bits per heavy atom. The summed E-state index contributed by atoms with van der Waals surface area (Å²) in [4.78, 5) is 11.6. The number of hydrogen-bond donors (Lipinski definition) is 2. The molecule has 1 saturated carbocycles. The molecule has 2 heterocycles. The van der Waals surface area contributed by atoms with Gasteiger partial charge >= 0.3 is 0 Å². The molecule has 154 valence electrons. The lowest BCUT2D eigenvalue weighted by molar-refractivity contribution is 0.435. The first-order chi connectivity index (χ1) is 14.1. The van der Waals surface area contributed by atoms with E-state index in [-0.39, 0.29) is 5.41 Å². The number of benzene rings is 1. The van der Waals surface area contributed by atoms with Crippen LogP contribution in [0.3, 0.4) is 0 Å². The van der Waals surface area contributed by atoms with Gasteiger partial charge in [-0.2, -0.15) is 4.98 Å². The van der Waals surface area contributed by atoms with Gasteiger partial charge in [-0.3, -0.25) is 0 Å². The molecule has 1 saturated heterocycles. The number of hydrogen-bond acceptors (Lipinski definition) is 4. The smallest absolute Gasteiger partial charge is 0.231 e. The van der Waals surface area contributed by atoms with Crippen LogP contribution in [0.4, 0.5) is 11.8 Å². The highest BCUT2D eigenvalue weighted by molar-refractivity contribution is 7.80. The number of aryl methyl sites for hydroxylation is 1. The standard InChI is InChI=1S/C23H31N5S/c1-18-16-20(28-14-8-3-9-15-28)26-21(25-18)27-22(29)24-17-23(12-6-7-13-23)19-10-4-2-5-11-19/h2,4-5,10-11,16H,3,6-9,12-15,17H2,1H3,(H2,24,25,26,27,29). The van der Waals surface area contributed by atoms with Crippen LogP contribution >= 0.6 is 12.2 Å². The highest BCUT2D eigenvalue weighted by Crippen LogP contribution is 2.40. The maximum Gasteiger partial charge on any atom is 0.231 e. The molecule has 0 radical (unpaired) electrons. The van der Waals surface area contributed by atoms with Crippen molar-refractivity contribution in [2.45, 2.75) is 57.3 Å². The summed E-state index contributed by atoms with van der Waals surface area (Å²) in [7, 11) is 0. The van der Waals surface area contributed by atoms with Gasteiger partial charge in [-0.05, 0) is 56.8 Å². The van der Waals surface area contributed by atoms with Crippen LogP contribution in [-0.2, 0) is 5.41 Å². The zero-order valence-electron chi connectivity index (χ0n) is 17.3. The summed E-state index contributed by atoms with van der Waals surface area (Å²) in [5, 5.41) is 7.28. The third kappa shape index (κ3) is 4.86. The molecule has 6 heteroatoms. The Balaban J connectivity index is 1.41. The van der Waals surface area contributed by atoms with E-state index in [0.717, 1.165) is 31.1 Å². The second-order valence-electron chi connectivity index (χ2n) is 8.40. The van der Waals surface area contributed by atoms with Crippen molar-refractivity contribution in [3.63, 3.8) is 0 Å². The first-order valence-corrected chi connectivity index (χ1v) is 11.3. The molecule has 1 aliphatic carbocycles. The molecule has 1 aliphatic heterocycles. The molecule has 0 amide bonds. The van der Waals surface area contributed by atoms with E-state index in [1.54, 1.807) is 0 Å². The van der Waals surface area contributed by atoms with Gasteiger partial charge in [-0.1, -0.05) is 43.2 Å². The number of nitrogens with one attached hydrogen (secondary N) is 2. The van der Waals surface area contributed by atoms with Crippen molar-refractivity contribution in [2.75, 3.05) is 29.9 Å². The van der Waals surface area contributed by atoms with E-state index in [9.17, 15) is 0 Å². The van der Waals surface area contributed by atoms with Crippen LogP contribution in [0.15, 0.2) is 36.4 Å². The lowest BCUT2D eigenvalue weighted by atomic mass is 9.79. The van der Waals surface area contributed by atoms with Crippen molar-refractivity contribution < 1.29 is 0 Å². The van der Waals surface area contributed by atoms with Crippen molar-refractivity contribution in [3.8, 4) is 0 Å². The van der Waals surface area contributed by atoms with Crippen molar-refractivity contribution in [3.05, 3.63) is 47.7 Å². The fourth-order valence-corrected chi connectivity index (χ4v) is 4.86. The molecule has 0 spiro atoms. The van der Waals surface area contributed by atoms with Gasteiger partial charge in [0.15, 0.2) is 5.11 Å². The minimum absolute atomic E-state index is 0.166. The van der Waals surface area contributed by atoms with Gasteiger partial charge in [0, 0.05) is 36.8 Å². The second kappa shape index (κ2) is 9.08. The van der Waals surface area contributed by atoms with Gasteiger partial charge < -0.3 is 15.5 Å². The Kier molecular flexibility index (Phi) is 6.28. The molecular weight excluding hydrogens is 378 g/mol. The van der Waals surface area contributed by atoms with Gasteiger partial charge in [0.2, 0.25) is 5.95 Å². The van der Waals surface area contributed by atoms with Gasteiger partial charge in [0.05, 0.1) is 0 Å². The van der Waals surface area contributed by atoms with Crippen molar-refractivity contribution in [1.82, 2.24) is 15.3 Å². The van der Waals surface area contributed by atoms with E-state index >= 15 is 0 Å². The normalized spacial score (nSPS) is 18.4. The fourth-order valence-electron chi connectivity index (χ4n) is 4.70. The van der Waals surface area contributed by atoms with Gasteiger partial charge in [-0.25, -0.2) is 4.98 Å². The molecule has 29 heavy (non-hydrogen) atoms. The lowest BCUT2D eigenvalue weighted by Crippen LogP contribution is -2.41. The van der Waals surface area contributed by atoms with Crippen LogP contribution in [0, 0.1) is 6.92 Å². The van der Waals surface area contributed by atoms with Crippen molar-refractivity contribution >= 4 is 29.1 Å². The Hall–Kier alpha value is -2.21. The molecule has 0 atom stereocenters. The topological polar surface area (TPSA) is 53.1 Å². The van der Waals surface area contributed by atoms with Crippen LogP contribution in [0.1, 0.15) is 56.2 Å². The average Bonchev–Trinajstić information content (AvgIpc) is 3.23. The second-order valence-corrected chi connectivity index (χ2v) is 8.81. The van der Waals surface area contributed by atoms with Crippen LogP contribution < -0.4 is 15.5 Å². The van der Waals surface area contributed by atoms with E-state index in [1.807, 2.05) is 6.92 Å². The number of rotatable bonds is 5. The minimum atomic E-state index is 0.166. The summed E-state index contributed by atoms with van der Waals surface area (Å²) >= 11 is 5.60. The first-order valence-electron chi connectivity index (χ1n) is 10.9. The van der Waals surface area contributed by atoms with E-state index < -0.39 is 0 Å². The molecule has 0 bridgehead atoms. The zero-order chi connectivity index (χ0) is 20.1. The molecule has 2 fully saturated rings. The summed E-state index contributed by atoms with van der Waals surface area (Å²) in [5.74, 6) is 1.59. The fraction of sp³-hybridized carbons (Fsp3) is 0.522. The molecule has 4 rings (SSSR count). The van der Waals surface area contributed by atoms with E-state index in [0.29, 0.717) is 11.1 Å². The molecule has 1 aromatic heterocycles. The zero-order valence-corrected chi connectivity index (χ0v) is 18.1. The SMILES string of the molecule is Cc1cc(N2CCCCC2)nc(NC(=S)NCC2(c3ccccc3)CCCC2)n1. The number of nitrogens with zero attached hydrogens (tertiary/aromatic N) is 3. The highest BCUT2D eigenvalue weighted by Gasteiger charge is 2.35. The Labute approximate surface area is 179 Å². The number of aromatic nitrogens is 2. The van der Waals surface area contributed by atoms with Crippen molar-refractivity contribution in [2.24, 2.45) is 0 Å².